The average molecular weight is 396 g/mol. The summed E-state index contributed by atoms with van der Waals surface area (Å²) in [5, 5.41) is 3.35. The van der Waals surface area contributed by atoms with Crippen molar-refractivity contribution in [3.8, 4) is 11.5 Å². The minimum Gasteiger partial charge on any atom is -0.493 e. The number of ether oxygens (including phenoxy) is 2. The molecule has 0 heterocycles. The summed E-state index contributed by atoms with van der Waals surface area (Å²) in [6, 6.07) is 10.8. The van der Waals surface area contributed by atoms with Gasteiger partial charge >= 0.3 is 0 Å². The van der Waals surface area contributed by atoms with E-state index >= 15 is 0 Å². The first-order chi connectivity index (χ1) is 11.5. The molecule has 2 aromatic carbocycles. The van der Waals surface area contributed by atoms with E-state index in [1.165, 1.54) is 6.07 Å². The maximum Gasteiger partial charge on any atom is 0.166 e. The van der Waals surface area contributed by atoms with Crippen molar-refractivity contribution in [2.45, 2.75) is 32.9 Å². The van der Waals surface area contributed by atoms with Crippen molar-refractivity contribution >= 4 is 15.9 Å². The van der Waals surface area contributed by atoms with Crippen LogP contribution in [-0.2, 0) is 13.0 Å². The fourth-order valence-corrected chi connectivity index (χ4v) is 2.91. The first kappa shape index (κ1) is 18.7. The molecule has 0 unspecified atom stereocenters. The molecule has 0 aliphatic rings. The summed E-state index contributed by atoms with van der Waals surface area (Å²) in [7, 11) is 1.63. The van der Waals surface area contributed by atoms with E-state index in [1.54, 1.807) is 13.2 Å². The van der Waals surface area contributed by atoms with Gasteiger partial charge in [-0.15, -0.1) is 0 Å². The fourth-order valence-electron chi connectivity index (χ4n) is 2.42. The first-order valence-corrected chi connectivity index (χ1v) is 8.77. The van der Waals surface area contributed by atoms with E-state index in [4.69, 9.17) is 9.47 Å². The van der Waals surface area contributed by atoms with E-state index < -0.39 is 0 Å². The van der Waals surface area contributed by atoms with Crippen molar-refractivity contribution < 1.29 is 13.9 Å². The Morgan fingerprint density at radius 2 is 1.92 bits per heavy atom. The van der Waals surface area contributed by atoms with Gasteiger partial charge in [-0.25, -0.2) is 4.39 Å². The molecule has 0 bridgehead atoms. The van der Waals surface area contributed by atoms with Gasteiger partial charge in [-0.05, 0) is 50.6 Å². The second-order valence-electron chi connectivity index (χ2n) is 5.78. The highest BCUT2D eigenvalue weighted by atomic mass is 79.9. The van der Waals surface area contributed by atoms with Gasteiger partial charge in [0.2, 0.25) is 0 Å². The van der Waals surface area contributed by atoms with Gasteiger partial charge in [0.05, 0.1) is 13.2 Å². The predicted octanol–water partition coefficient (Wildman–Crippen LogP) is 4.72. The number of methoxy groups -OCH3 is 1. The van der Waals surface area contributed by atoms with Crippen LogP contribution in [0.4, 0.5) is 4.39 Å². The Hall–Kier alpha value is -1.59. The predicted molar refractivity (Wildman–Crippen MR) is 98.3 cm³/mol. The van der Waals surface area contributed by atoms with Gasteiger partial charge in [0.1, 0.15) is 5.82 Å². The standard InChI is InChI=1S/C19H23BrFNO2/c1-13(2)24-19-15(10-16(20)11-18(19)23-3)12-22-9-8-14-6-4-5-7-17(14)21/h4-7,10-11,13,22H,8-9,12H2,1-3H3. The largest absolute Gasteiger partial charge is 0.493 e. The van der Waals surface area contributed by atoms with Crippen LogP contribution in [0.3, 0.4) is 0 Å². The van der Waals surface area contributed by atoms with Crippen molar-refractivity contribution in [3.05, 3.63) is 57.8 Å². The van der Waals surface area contributed by atoms with Crippen molar-refractivity contribution in [2.75, 3.05) is 13.7 Å². The normalized spacial score (nSPS) is 10.9. The van der Waals surface area contributed by atoms with Crippen molar-refractivity contribution in [3.63, 3.8) is 0 Å². The van der Waals surface area contributed by atoms with E-state index in [0.717, 1.165) is 21.3 Å². The minimum atomic E-state index is -0.160. The highest BCUT2D eigenvalue weighted by molar-refractivity contribution is 9.10. The average Bonchev–Trinajstić information content (AvgIpc) is 2.54. The molecular weight excluding hydrogens is 373 g/mol. The summed E-state index contributed by atoms with van der Waals surface area (Å²) in [6.45, 7) is 5.26. The molecule has 0 fully saturated rings. The zero-order valence-corrected chi connectivity index (χ0v) is 15.8. The summed E-state index contributed by atoms with van der Waals surface area (Å²) in [5.74, 6) is 1.28. The fraction of sp³-hybridized carbons (Fsp3) is 0.368. The SMILES string of the molecule is COc1cc(Br)cc(CNCCc2ccccc2F)c1OC(C)C. The van der Waals surface area contributed by atoms with E-state index in [9.17, 15) is 4.39 Å². The van der Waals surface area contributed by atoms with Crippen molar-refractivity contribution in [2.24, 2.45) is 0 Å². The lowest BCUT2D eigenvalue weighted by atomic mass is 10.1. The maximum atomic E-state index is 13.6. The number of hydrogen-bond donors (Lipinski definition) is 1. The Bertz CT molecular complexity index is 676. The molecular formula is C19H23BrFNO2. The summed E-state index contributed by atoms with van der Waals surface area (Å²) >= 11 is 3.50. The summed E-state index contributed by atoms with van der Waals surface area (Å²) in [6.07, 6.45) is 0.690. The molecule has 0 saturated carbocycles. The molecule has 1 N–H and O–H groups in total. The highest BCUT2D eigenvalue weighted by Crippen LogP contribution is 2.35. The molecule has 3 nitrogen and oxygen atoms in total. The summed E-state index contributed by atoms with van der Waals surface area (Å²) < 4.78 is 25.9. The van der Waals surface area contributed by atoms with E-state index in [2.05, 4.69) is 21.2 Å². The van der Waals surface area contributed by atoms with Crippen LogP contribution in [0.1, 0.15) is 25.0 Å². The number of halogens is 2. The Morgan fingerprint density at radius 1 is 1.17 bits per heavy atom. The summed E-state index contributed by atoms with van der Waals surface area (Å²) in [4.78, 5) is 0. The molecule has 24 heavy (non-hydrogen) atoms. The lowest BCUT2D eigenvalue weighted by Crippen LogP contribution is -2.19. The monoisotopic (exact) mass is 395 g/mol. The molecule has 130 valence electrons. The maximum absolute atomic E-state index is 13.6. The van der Waals surface area contributed by atoms with Crippen LogP contribution in [0.15, 0.2) is 40.9 Å². The molecule has 0 aromatic heterocycles. The van der Waals surface area contributed by atoms with Crippen LogP contribution in [0.2, 0.25) is 0 Å². The number of rotatable bonds is 8. The number of nitrogens with one attached hydrogen (secondary N) is 1. The van der Waals surface area contributed by atoms with Crippen LogP contribution >= 0.6 is 15.9 Å². The van der Waals surface area contributed by atoms with Crippen molar-refractivity contribution in [1.29, 1.82) is 0 Å². The number of benzene rings is 2. The Balaban J connectivity index is 2.03. The smallest absolute Gasteiger partial charge is 0.166 e. The van der Waals surface area contributed by atoms with Gasteiger partial charge < -0.3 is 14.8 Å². The van der Waals surface area contributed by atoms with Gasteiger partial charge in [-0.1, -0.05) is 34.1 Å². The van der Waals surface area contributed by atoms with E-state index in [1.807, 2.05) is 38.1 Å². The highest BCUT2D eigenvalue weighted by Gasteiger charge is 2.14. The first-order valence-electron chi connectivity index (χ1n) is 7.98. The zero-order chi connectivity index (χ0) is 17.5. The Morgan fingerprint density at radius 3 is 2.58 bits per heavy atom. The van der Waals surface area contributed by atoms with Crippen LogP contribution in [0, 0.1) is 5.82 Å². The molecule has 0 aliphatic carbocycles. The van der Waals surface area contributed by atoms with Gasteiger partial charge in [0.25, 0.3) is 0 Å². The van der Waals surface area contributed by atoms with Gasteiger partial charge in [-0.3, -0.25) is 0 Å². The van der Waals surface area contributed by atoms with Crippen LogP contribution < -0.4 is 14.8 Å². The lowest BCUT2D eigenvalue weighted by molar-refractivity contribution is 0.227. The number of hydrogen-bond acceptors (Lipinski definition) is 3. The van der Waals surface area contributed by atoms with Crippen molar-refractivity contribution in [1.82, 2.24) is 5.32 Å². The molecule has 0 spiro atoms. The third-order valence-corrected chi connectivity index (χ3v) is 3.97. The van der Waals surface area contributed by atoms with Gasteiger partial charge in [-0.2, -0.15) is 0 Å². The van der Waals surface area contributed by atoms with Gasteiger partial charge in [0.15, 0.2) is 11.5 Å². The second-order valence-corrected chi connectivity index (χ2v) is 6.70. The minimum absolute atomic E-state index is 0.0530. The molecule has 2 aromatic rings. The third kappa shape index (κ3) is 5.21. The molecule has 0 saturated heterocycles. The topological polar surface area (TPSA) is 30.5 Å². The van der Waals surface area contributed by atoms with Crippen LogP contribution in [0.25, 0.3) is 0 Å². The third-order valence-electron chi connectivity index (χ3n) is 3.51. The molecule has 0 amide bonds. The molecule has 5 heteroatoms. The van der Waals surface area contributed by atoms with Gasteiger partial charge in [0, 0.05) is 16.6 Å². The molecule has 0 atom stereocenters. The van der Waals surface area contributed by atoms with E-state index in [0.29, 0.717) is 25.3 Å². The molecule has 2 rings (SSSR count). The lowest BCUT2D eigenvalue weighted by Gasteiger charge is -2.18. The van der Waals surface area contributed by atoms with Crippen LogP contribution in [-0.4, -0.2) is 19.8 Å². The second kappa shape index (κ2) is 9.04. The Labute approximate surface area is 151 Å². The summed E-state index contributed by atoms with van der Waals surface area (Å²) in [5.41, 5.74) is 1.72. The van der Waals surface area contributed by atoms with Crippen LogP contribution in [0.5, 0.6) is 11.5 Å². The van der Waals surface area contributed by atoms with E-state index in [-0.39, 0.29) is 11.9 Å². The Kier molecular flexibility index (Phi) is 7.06. The molecule has 0 radical (unpaired) electrons. The zero-order valence-electron chi connectivity index (χ0n) is 14.2. The molecule has 0 aliphatic heterocycles. The quantitative estimate of drug-likeness (QED) is 0.656.